The van der Waals surface area contributed by atoms with Gasteiger partial charge in [0.2, 0.25) is 0 Å². The van der Waals surface area contributed by atoms with Crippen LogP contribution in [0.25, 0.3) is 11.0 Å². The molecular weight excluding hydrogens is 252 g/mol. The average molecular weight is 268 g/mol. The van der Waals surface area contributed by atoms with E-state index in [1.165, 1.54) is 0 Å². The standard InChI is InChI=1S/C15H16N4O/c16-7-10-1-3-11(4-2-10)8-20-14-6-12(17)5-13-15(14)19-9-18-13/h1-6,9H,7-8,16-17H2,(H,18,19). The molecule has 0 spiro atoms. The molecule has 0 amide bonds. The lowest BCUT2D eigenvalue weighted by atomic mass is 10.1. The van der Waals surface area contributed by atoms with Gasteiger partial charge in [-0.1, -0.05) is 24.3 Å². The summed E-state index contributed by atoms with van der Waals surface area (Å²) in [4.78, 5) is 7.28. The summed E-state index contributed by atoms with van der Waals surface area (Å²) in [5.41, 5.74) is 15.9. The second-order valence-electron chi connectivity index (χ2n) is 4.63. The minimum Gasteiger partial charge on any atom is -0.486 e. The van der Waals surface area contributed by atoms with Gasteiger partial charge < -0.3 is 21.2 Å². The van der Waals surface area contributed by atoms with E-state index in [1.54, 1.807) is 12.4 Å². The van der Waals surface area contributed by atoms with Crippen LogP contribution in [0.2, 0.25) is 0 Å². The van der Waals surface area contributed by atoms with Gasteiger partial charge in [0.25, 0.3) is 0 Å². The van der Waals surface area contributed by atoms with Crippen molar-refractivity contribution in [2.24, 2.45) is 5.73 Å². The van der Waals surface area contributed by atoms with Crippen LogP contribution in [0.5, 0.6) is 5.75 Å². The van der Waals surface area contributed by atoms with E-state index in [0.29, 0.717) is 24.6 Å². The third-order valence-corrected chi connectivity index (χ3v) is 3.16. The molecule has 3 rings (SSSR count). The molecule has 5 nitrogen and oxygen atoms in total. The van der Waals surface area contributed by atoms with Crippen molar-refractivity contribution < 1.29 is 4.74 Å². The molecule has 0 atom stereocenters. The lowest BCUT2D eigenvalue weighted by Crippen LogP contribution is -1.99. The number of ether oxygens (including phenoxy) is 1. The quantitative estimate of drug-likeness (QED) is 0.633. The Morgan fingerprint density at radius 3 is 2.60 bits per heavy atom. The molecule has 0 aliphatic carbocycles. The zero-order chi connectivity index (χ0) is 13.9. The van der Waals surface area contributed by atoms with Gasteiger partial charge >= 0.3 is 0 Å². The summed E-state index contributed by atoms with van der Waals surface area (Å²) >= 11 is 0. The van der Waals surface area contributed by atoms with E-state index in [2.05, 4.69) is 9.97 Å². The molecule has 20 heavy (non-hydrogen) atoms. The Balaban J connectivity index is 1.80. The maximum Gasteiger partial charge on any atom is 0.149 e. The number of nitrogens with two attached hydrogens (primary N) is 2. The Labute approximate surface area is 116 Å². The molecule has 0 unspecified atom stereocenters. The van der Waals surface area contributed by atoms with E-state index in [4.69, 9.17) is 16.2 Å². The summed E-state index contributed by atoms with van der Waals surface area (Å²) in [6, 6.07) is 11.7. The van der Waals surface area contributed by atoms with Gasteiger partial charge in [-0.05, 0) is 17.2 Å². The number of hydrogen-bond donors (Lipinski definition) is 3. The fourth-order valence-corrected chi connectivity index (χ4v) is 2.08. The van der Waals surface area contributed by atoms with Crippen molar-refractivity contribution in [3.63, 3.8) is 0 Å². The Morgan fingerprint density at radius 1 is 1.10 bits per heavy atom. The fraction of sp³-hybridized carbons (Fsp3) is 0.133. The molecule has 102 valence electrons. The van der Waals surface area contributed by atoms with Crippen molar-refractivity contribution in [1.29, 1.82) is 0 Å². The van der Waals surface area contributed by atoms with Crippen molar-refractivity contribution in [2.75, 3.05) is 5.73 Å². The fourth-order valence-electron chi connectivity index (χ4n) is 2.08. The first-order valence-corrected chi connectivity index (χ1v) is 6.39. The van der Waals surface area contributed by atoms with Gasteiger partial charge in [0.15, 0.2) is 0 Å². The summed E-state index contributed by atoms with van der Waals surface area (Å²) in [5, 5.41) is 0. The summed E-state index contributed by atoms with van der Waals surface area (Å²) in [7, 11) is 0. The molecule has 1 aromatic heterocycles. The smallest absolute Gasteiger partial charge is 0.149 e. The molecule has 3 aromatic rings. The number of nitrogens with zero attached hydrogens (tertiary/aromatic N) is 1. The lowest BCUT2D eigenvalue weighted by molar-refractivity contribution is 0.309. The maximum absolute atomic E-state index is 5.85. The van der Waals surface area contributed by atoms with Crippen LogP contribution in [0.1, 0.15) is 11.1 Å². The van der Waals surface area contributed by atoms with Crippen molar-refractivity contribution in [3.8, 4) is 5.75 Å². The number of H-pyrrole nitrogens is 1. The molecule has 0 radical (unpaired) electrons. The van der Waals surface area contributed by atoms with Gasteiger partial charge in [-0.2, -0.15) is 0 Å². The molecule has 0 saturated heterocycles. The first-order valence-electron chi connectivity index (χ1n) is 6.39. The Bertz CT molecular complexity index is 718. The minimum atomic E-state index is 0.469. The molecule has 0 aliphatic heterocycles. The predicted molar refractivity (Wildman–Crippen MR) is 79.2 cm³/mol. The molecule has 5 N–H and O–H groups in total. The average Bonchev–Trinajstić information content (AvgIpc) is 2.93. The van der Waals surface area contributed by atoms with Gasteiger partial charge in [0.1, 0.15) is 17.9 Å². The van der Waals surface area contributed by atoms with E-state index < -0.39 is 0 Å². The van der Waals surface area contributed by atoms with Gasteiger partial charge in [-0.25, -0.2) is 4.98 Å². The second kappa shape index (κ2) is 5.22. The van der Waals surface area contributed by atoms with Crippen LogP contribution in [0, 0.1) is 0 Å². The first-order chi connectivity index (χ1) is 9.76. The van der Waals surface area contributed by atoms with Crippen LogP contribution in [0.3, 0.4) is 0 Å². The summed E-state index contributed by atoms with van der Waals surface area (Å²) < 4.78 is 5.82. The largest absolute Gasteiger partial charge is 0.486 e. The highest BCUT2D eigenvalue weighted by Crippen LogP contribution is 2.26. The van der Waals surface area contributed by atoms with Gasteiger partial charge in [-0.15, -0.1) is 0 Å². The Kier molecular flexibility index (Phi) is 3.26. The van der Waals surface area contributed by atoms with Gasteiger partial charge in [0, 0.05) is 18.3 Å². The van der Waals surface area contributed by atoms with Crippen molar-refractivity contribution in [1.82, 2.24) is 9.97 Å². The predicted octanol–water partition coefficient (Wildman–Crippen LogP) is 2.18. The van der Waals surface area contributed by atoms with Crippen LogP contribution in [-0.2, 0) is 13.2 Å². The van der Waals surface area contributed by atoms with Crippen molar-refractivity contribution in [3.05, 3.63) is 53.9 Å². The zero-order valence-electron chi connectivity index (χ0n) is 11.0. The lowest BCUT2D eigenvalue weighted by Gasteiger charge is -2.08. The van der Waals surface area contributed by atoms with Crippen LogP contribution >= 0.6 is 0 Å². The third kappa shape index (κ3) is 2.44. The number of nitrogens with one attached hydrogen (secondary N) is 1. The molecular formula is C15H16N4O. The van der Waals surface area contributed by atoms with Crippen LogP contribution in [-0.4, -0.2) is 9.97 Å². The van der Waals surface area contributed by atoms with E-state index in [0.717, 1.165) is 22.2 Å². The van der Waals surface area contributed by atoms with Crippen LogP contribution in [0.4, 0.5) is 5.69 Å². The second-order valence-corrected chi connectivity index (χ2v) is 4.63. The number of imidazole rings is 1. The van der Waals surface area contributed by atoms with E-state index >= 15 is 0 Å². The van der Waals surface area contributed by atoms with Gasteiger partial charge in [0.05, 0.1) is 11.8 Å². The number of benzene rings is 2. The highest BCUT2D eigenvalue weighted by Gasteiger charge is 2.07. The zero-order valence-corrected chi connectivity index (χ0v) is 11.0. The number of nitrogen functional groups attached to an aromatic ring is 1. The van der Waals surface area contributed by atoms with Crippen LogP contribution < -0.4 is 16.2 Å². The molecule has 0 fully saturated rings. The van der Waals surface area contributed by atoms with E-state index in [-0.39, 0.29) is 0 Å². The van der Waals surface area contributed by atoms with E-state index in [9.17, 15) is 0 Å². The number of rotatable bonds is 4. The number of hydrogen-bond acceptors (Lipinski definition) is 4. The Hall–Kier alpha value is -2.53. The molecule has 5 heteroatoms. The van der Waals surface area contributed by atoms with Gasteiger partial charge in [-0.3, -0.25) is 0 Å². The maximum atomic E-state index is 5.85. The van der Waals surface area contributed by atoms with Crippen molar-refractivity contribution in [2.45, 2.75) is 13.2 Å². The number of fused-ring (bicyclic) bond motifs is 1. The third-order valence-electron chi connectivity index (χ3n) is 3.16. The number of aromatic nitrogens is 2. The normalized spacial score (nSPS) is 10.8. The van der Waals surface area contributed by atoms with E-state index in [1.807, 2.05) is 30.3 Å². The molecule has 0 saturated carbocycles. The number of anilines is 1. The van der Waals surface area contributed by atoms with Crippen LogP contribution in [0.15, 0.2) is 42.7 Å². The monoisotopic (exact) mass is 268 g/mol. The van der Waals surface area contributed by atoms with Crippen molar-refractivity contribution >= 4 is 16.7 Å². The summed E-state index contributed by atoms with van der Waals surface area (Å²) in [6.07, 6.45) is 1.63. The molecule has 0 aliphatic rings. The topological polar surface area (TPSA) is 90.0 Å². The molecule has 0 bridgehead atoms. The SMILES string of the molecule is NCc1ccc(COc2cc(N)cc3[nH]cnc23)cc1. The number of aromatic amines is 1. The summed E-state index contributed by atoms with van der Waals surface area (Å²) in [6.45, 7) is 1.01. The molecule has 1 heterocycles. The highest BCUT2D eigenvalue weighted by molar-refractivity contribution is 5.84. The highest BCUT2D eigenvalue weighted by atomic mass is 16.5. The minimum absolute atomic E-state index is 0.469. The first kappa shape index (κ1) is 12.5. The molecule has 2 aromatic carbocycles. The Morgan fingerprint density at radius 2 is 1.85 bits per heavy atom. The summed E-state index contributed by atoms with van der Waals surface area (Å²) in [5.74, 6) is 0.684.